The smallest absolute Gasteiger partial charge is 0.458 e. The van der Waals surface area contributed by atoms with E-state index in [1.165, 1.54) is 30.4 Å². The molecule has 2 aromatic rings. The van der Waals surface area contributed by atoms with Crippen molar-refractivity contribution in [3.8, 4) is 0 Å². The van der Waals surface area contributed by atoms with Crippen LogP contribution in [0.2, 0.25) is 0 Å². The highest BCUT2D eigenvalue weighted by atomic mass is 32.1. The van der Waals surface area contributed by atoms with Gasteiger partial charge in [-0.25, -0.2) is 9.59 Å². The summed E-state index contributed by atoms with van der Waals surface area (Å²) in [7, 11) is 0. The Hall–Kier alpha value is -3.04. The normalized spacial score (nSPS) is 23.8. The number of piperidine rings is 1. The molecule has 40 heavy (non-hydrogen) atoms. The number of nitrogens with zero attached hydrogens (tertiary/aromatic N) is 1. The molecule has 0 amide bonds. The second kappa shape index (κ2) is 12.2. The third kappa shape index (κ3) is 5.59. The zero-order valence-corrected chi connectivity index (χ0v) is 23.8. The van der Waals surface area contributed by atoms with E-state index in [4.69, 9.17) is 18.9 Å². The standard InChI is InChI=1S/C31H37NO7S/c1-2-11-27(33)37-30(40)38-29(35)39-31(22-12-5-3-6-13-22,23-14-7-4-8-15-23)28(34)36-26-20-24-16-17-25(21-26)32(24)18-9-10-19-32/h3-8,12-15,24-26,30H,2,9-11,16-21H2,1H3/p+1. The molecule has 1 spiro atoms. The molecule has 0 saturated carbocycles. The number of hydrogen-bond donors (Lipinski definition) is 1. The van der Waals surface area contributed by atoms with E-state index in [0.29, 0.717) is 29.6 Å². The highest BCUT2D eigenvalue weighted by molar-refractivity contribution is 7.80. The SMILES string of the molecule is CCCC(=O)OC(S)OC(=O)OC(C(=O)OC1CC2CCC(C1)[N+]21CCCC1)(c1ccccc1)c1ccccc1. The molecule has 2 aromatic carbocycles. The number of hydrogen-bond acceptors (Lipinski definition) is 8. The lowest BCUT2D eigenvalue weighted by Crippen LogP contribution is -2.60. The maximum absolute atomic E-state index is 14.3. The summed E-state index contributed by atoms with van der Waals surface area (Å²) < 4.78 is 23.5. The van der Waals surface area contributed by atoms with Crippen molar-refractivity contribution in [1.82, 2.24) is 0 Å². The van der Waals surface area contributed by atoms with Crippen LogP contribution in [-0.2, 0) is 34.1 Å². The summed E-state index contributed by atoms with van der Waals surface area (Å²) in [4.78, 5) is 39.3. The van der Waals surface area contributed by atoms with Crippen molar-refractivity contribution >= 4 is 30.7 Å². The van der Waals surface area contributed by atoms with E-state index >= 15 is 0 Å². The van der Waals surface area contributed by atoms with E-state index in [1.54, 1.807) is 48.5 Å². The average molecular weight is 569 g/mol. The molecule has 2 bridgehead atoms. The number of rotatable bonds is 9. The number of ether oxygens (including phenoxy) is 4. The predicted molar refractivity (Wildman–Crippen MR) is 150 cm³/mol. The quantitative estimate of drug-likeness (QED) is 0.141. The van der Waals surface area contributed by atoms with Gasteiger partial charge in [-0.15, -0.1) is 0 Å². The van der Waals surface area contributed by atoms with Crippen LogP contribution < -0.4 is 0 Å². The minimum Gasteiger partial charge on any atom is -0.458 e. The van der Waals surface area contributed by atoms with Gasteiger partial charge in [-0.1, -0.05) is 80.2 Å². The molecular formula is C31H38NO7S+. The van der Waals surface area contributed by atoms with E-state index in [2.05, 4.69) is 12.6 Å². The van der Waals surface area contributed by atoms with Crippen LogP contribution in [0.15, 0.2) is 60.7 Å². The molecule has 3 aliphatic heterocycles. The van der Waals surface area contributed by atoms with Gasteiger partial charge in [0.1, 0.15) is 6.10 Å². The molecule has 3 saturated heterocycles. The first-order valence-corrected chi connectivity index (χ1v) is 14.8. The topological polar surface area (TPSA) is 88.1 Å². The van der Waals surface area contributed by atoms with Crippen molar-refractivity contribution in [3.63, 3.8) is 0 Å². The zero-order valence-electron chi connectivity index (χ0n) is 22.9. The summed E-state index contributed by atoms with van der Waals surface area (Å²) in [6.45, 7) is 4.27. The molecule has 3 atom stereocenters. The number of benzene rings is 2. The predicted octanol–water partition coefficient (Wildman–Crippen LogP) is 5.49. The van der Waals surface area contributed by atoms with Crippen molar-refractivity contribution in [2.24, 2.45) is 0 Å². The zero-order chi connectivity index (χ0) is 28.2. The Morgan fingerprint density at radius 1 is 0.900 bits per heavy atom. The van der Waals surface area contributed by atoms with Gasteiger partial charge >= 0.3 is 18.1 Å². The highest BCUT2D eigenvalue weighted by Gasteiger charge is 2.57. The molecule has 214 valence electrons. The van der Waals surface area contributed by atoms with Crippen LogP contribution in [-0.4, -0.2) is 59.5 Å². The molecule has 0 aromatic heterocycles. The monoisotopic (exact) mass is 568 g/mol. The molecule has 3 unspecified atom stereocenters. The molecule has 9 heteroatoms. The molecule has 0 aliphatic carbocycles. The summed E-state index contributed by atoms with van der Waals surface area (Å²) >= 11 is 4.07. The summed E-state index contributed by atoms with van der Waals surface area (Å²) in [5.41, 5.74) is -2.58. The number of esters is 2. The first kappa shape index (κ1) is 28.5. The third-order valence-electron chi connectivity index (χ3n) is 8.80. The fraction of sp³-hybridized carbons (Fsp3) is 0.516. The van der Waals surface area contributed by atoms with Gasteiger partial charge in [0.2, 0.25) is 0 Å². The van der Waals surface area contributed by atoms with Crippen molar-refractivity contribution in [1.29, 1.82) is 0 Å². The molecule has 5 rings (SSSR count). The van der Waals surface area contributed by atoms with Crippen LogP contribution >= 0.6 is 12.6 Å². The summed E-state index contributed by atoms with van der Waals surface area (Å²) in [6.07, 6.45) is 5.70. The van der Waals surface area contributed by atoms with Gasteiger partial charge in [0.25, 0.3) is 11.2 Å². The van der Waals surface area contributed by atoms with Gasteiger partial charge in [0.05, 0.1) is 25.2 Å². The van der Waals surface area contributed by atoms with E-state index in [9.17, 15) is 14.4 Å². The molecule has 0 radical (unpaired) electrons. The van der Waals surface area contributed by atoms with Gasteiger partial charge in [0.15, 0.2) is 0 Å². The van der Waals surface area contributed by atoms with Crippen molar-refractivity contribution in [3.05, 3.63) is 71.8 Å². The van der Waals surface area contributed by atoms with Crippen LogP contribution in [0.4, 0.5) is 4.79 Å². The molecular weight excluding hydrogens is 530 g/mol. The van der Waals surface area contributed by atoms with Crippen molar-refractivity contribution in [2.75, 3.05) is 13.1 Å². The Morgan fingerprint density at radius 2 is 1.45 bits per heavy atom. The van der Waals surface area contributed by atoms with Gasteiger partial charge in [0, 0.05) is 56.1 Å². The van der Waals surface area contributed by atoms with Crippen LogP contribution in [0.1, 0.15) is 69.4 Å². The largest absolute Gasteiger partial charge is 0.513 e. The van der Waals surface area contributed by atoms with Crippen LogP contribution in [0.25, 0.3) is 0 Å². The Balaban J connectivity index is 1.42. The first-order chi connectivity index (χ1) is 19.4. The van der Waals surface area contributed by atoms with Crippen LogP contribution in [0.3, 0.4) is 0 Å². The fourth-order valence-electron chi connectivity index (χ4n) is 7.08. The lowest BCUT2D eigenvalue weighted by Gasteiger charge is -2.47. The van der Waals surface area contributed by atoms with Crippen molar-refractivity contribution < 1.29 is 37.8 Å². The van der Waals surface area contributed by atoms with E-state index < -0.39 is 29.3 Å². The van der Waals surface area contributed by atoms with E-state index in [-0.39, 0.29) is 12.5 Å². The summed E-state index contributed by atoms with van der Waals surface area (Å²) in [5.74, 6) is -1.24. The Bertz CT molecular complexity index is 1130. The minimum atomic E-state index is -1.93. The Labute approximate surface area is 240 Å². The molecule has 8 nitrogen and oxygen atoms in total. The summed E-state index contributed by atoms with van der Waals surface area (Å²) in [5, 5.41) is 0. The number of carbonyl (C=O) groups is 3. The maximum atomic E-state index is 14.3. The van der Waals surface area contributed by atoms with E-state index in [0.717, 1.165) is 25.7 Å². The minimum absolute atomic E-state index is 0.156. The number of quaternary nitrogens is 1. The first-order valence-electron chi connectivity index (χ1n) is 14.3. The molecule has 0 N–H and O–H groups in total. The van der Waals surface area contributed by atoms with Crippen LogP contribution in [0.5, 0.6) is 0 Å². The average Bonchev–Trinajstić information content (AvgIpc) is 3.49. The van der Waals surface area contributed by atoms with Gasteiger partial charge in [-0.3, -0.25) is 4.79 Å². The number of thiol groups is 1. The lowest BCUT2D eigenvalue weighted by atomic mass is 9.85. The summed E-state index contributed by atoms with van der Waals surface area (Å²) in [6, 6.07) is 18.6. The second-order valence-electron chi connectivity index (χ2n) is 11.1. The Kier molecular flexibility index (Phi) is 8.71. The van der Waals surface area contributed by atoms with Crippen LogP contribution in [0, 0.1) is 0 Å². The van der Waals surface area contributed by atoms with E-state index in [1.807, 2.05) is 19.1 Å². The fourth-order valence-corrected chi connectivity index (χ4v) is 7.28. The Morgan fingerprint density at radius 3 is 1.98 bits per heavy atom. The maximum Gasteiger partial charge on any atom is 0.513 e. The molecule has 3 heterocycles. The second-order valence-corrected chi connectivity index (χ2v) is 11.5. The third-order valence-corrected chi connectivity index (χ3v) is 9.01. The van der Waals surface area contributed by atoms with Gasteiger partial charge < -0.3 is 23.4 Å². The highest BCUT2D eigenvalue weighted by Crippen LogP contribution is 2.47. The molecule has 3 aliphatic rings. The lowest BCUT2D eigenvalue weighted by molar-refractivity contribution is -0.956. The van der Waals surface area contributed by atoms with Gasteiger partial charge in [-0.05, 0) is 6.42 Å². The number of carbonyl (C=O) groups excluding carboxylic acids is 3. The van der Waals surface area contributed by atoms with Crippen molar-refractivity contribution in [2.45, 2.75) is 87.7 Å². The van der Waals surface area contributed by atoms with Gasteiger partial charge in [-0.2, -0.15) is 0 Å². The molecule has 3 fully saturated rings.